The van der Waals surface area contributed by atoms with Gasteiger partial charge in [-0.1, -0.05) is 97.4 Å². The molecule has 4 aliphatic rings. The third-order valence-electron chi connectivity index (χ3n) is 20.0. The van der Waals surface area contributed by atoms with Crippen molar-refractivity contribution < 1.29 is 48.9 Å². The van der Waals surface area contributed by atoms with E-state index in [4.69, 9.17) is 0 Å². The van der Waals surface area contributed by atoms with Gasteiger partial charge in [0.05, 0.1) is 25.8 Å². The molecule has 0 aromatic heterocycles. The van der Waals surface area contributed by atoms with E-state index < -0.39 is 45.0 Å². The van der Waals surface area contributed by atoms with Gasteiger partial charge in [-0.25, -0.2) is 35.2 Å². The summed E-state index contributed by atoms with van der Waals surface area (Å²) in [6.45, 7) is 30.0. The van der Waals surface area contributed by atoms with Crippen molar-refractivity contribution in [3.63, 3.8) is 0 Å². The number of nitrogens with one attached hydrogen (secondary N) is 2. The van der Waals surface area contributed by atoms with Crippen molar-refractivity contribution in [1.29, 1.82) is 0 Å². The molecule has 0 spiro atoms. The molecule has 100 heavy (non-hydrogen) atoms. The Kier molecular flexibility index (Phi) is 24.2. The lowest BCUT2D eigenvalue weighted by molar-refractivity contribution is -0.466. The molecule has 3 atom stereocenters. The zero-order valence-corrected chi connectivity index (χ0v) is 61.3. The molecule has 4 aliphatic carbocycles. The van der Waals surface area contributed by atoms with E-state index in [1.807, 2.05) is 0 Å². The zero-order valence-electron chi connectivity index (χ0n) is 58.9. The van der Waals surface area contributed by atoms with E-state index in [1.54, 1.807) is 0 Å². The highest BCUT2D eigenvalue weighted by Gasteiger charge is 2.41. The summed E-state index contributed by atoms with van der Waals surface area (Å²) in [4.78, 5) is 14.2. The first-order valence-corrected chi connectivity index (χ1v) is 39.4. The van der Waals surface area contributed by atoms with E-state index >= 15 is 0 Å². The van der Waals surface area contributed by atoms with Crippen molar-refractivity contribution in [3.05, 3.63) is 245 Å². The lowest BCUT2D eigenvalue weighted by Crippen LogP contribution is -2.75. The van der Waals surface area contributed by atoms with Crippen LogP contribution in [0.4, 0.5) is 22.7 Å². The Morgan fingerprint density at radius 3 is 1.10 bits per heavy atom. The monoisotopic (exact) mass is 1400 g/mol. The van der Waals surface area contributed by atoms with Crippen LogP contribution in [0.25, 0.3) is 33.1 Å². The SMILES string of the molecule is CCN(CC)c1ccc(C(=C2C=CC(=[NH+]CC3CC4CCC3C4)c3ccccc32)c2ccc(N(CC)CC)cc2)cc1.CC[NH+]=C1C=CC(=C(c2ccc(N(CC)CC)cc2)c2ccc(N(CC)CC)cc2)c2ccccc21.O=S(=O)([O-])c1ccc2c(S(=O)(=O)[O-])cc(S(=O)(=O)[O-])cc2c1. The summed E-state index contributed by atoms with van der Waals surface area (Å²) in [7, 11) is -15.1. The van der Waals surface area contributed by atoms with E-state index in [0.717, 1.165) is 95.3 Å². The van der Waals surface area contributed by atoms with Crippen LogP contribution in [0, 0.1) is 17.8 Å². The highest BCUT2D eigenvalue weighted by Crippen LogP contribution is 2.48. The standard InChI is InChI=1S/C39H47N3.C33H39N3.C10H8O9S3/c1-5-41(6-2)33-19-15-29(16-20-33)39(30-17-21-34(22-18-30)42(7-3)8-4)37-23-24-38(36-12-10-9-11-35(36)37)40-27-32-26-28-13-14-31(32)25-28;1-6-34-32-24-23-31(29-13-11-12-14-30(29)32)33(25-15-19-27(20-16-25)35(7-2)8-3)26-17-21-28(22-18-26)36(9-4)10-5;11-20(12,13)7-1-2-9-6(3-7)4-8(21(14,15)16)5-10(9)22(17,18)19/h9-12,15-24,28,31-32H,5-8,13-14,25-27H2,1-4H3;11-24H,6-10H2,1-5H3;1-5H,(H,11,12,13)(H,14,15,16)(H,17,18,19)/p-1. The maximum atomic E-state index is 11.2. The Morgan fingerprint density at radius 1 is 0.400 bits per heavy atom. The lowest BCUT2D eigenvalue weighted by Gasteiger charge is -2.24. The van der Waals surface area contributed by atoms with Crippen LogP contribution >= 0.6 is 0 Å². The quantitative estimate of drug-likeness (QED) is 0.0605. The van der Waals surface area contributed by atoms with Gasteiger partial charge in [0.2, 0.25) is 11.4 Å². The summed E-state index contributed by atoms with van der Waals surface area (Å²) < 4.78 is 99.3. The Hall–Kier alpha value is -8.75. The third-order valence-corrected chi connectivity index (χ3v) is 22.6. The number of hydrogen-bond donors (Lipinski definition) is 2. The smallest absolute Gasteiger partial charge is 0.206 e. The van der Waals surface area contributed by atoms with Crippen LogP contribution in [0.2, 0.25) is 0 Å². The van der Waals surface area contributed by atoms with Gasteiger partial charge < -0.3 is 33.3 Å². The third kappa shape index (κ3) is 16.8. The van der Waals surface area contributed by atoms with Crippen LogP contribution in [-0.2, 0) is 30.4 Å². The van der Waals surface area contributed by atoms with Crippen molar-refractivity contribution in [3.8, 4) is 0 Å². The van der Waals surface area contributed by atoms with Gasteiger partial charge in [0, 0.05) is 93.2 Å². The largest absolute Gasteiger partial charge is 0.744 e. The van der Waals surface area contributed by atoms with Gasteiger partial charge in [0.15, 0.2) is 0 Å². The predicted molar refractivity (Wildman–Crippen MR) is 405 cm³/mol. The van der Waals surface area contributed by atoms with E-state index in [2.05, 4.69) is 262 Å². The maximum Gasteiger partial charge on any atom is 0.206 e. The summed E-state index contributed by atoms with van der Waals surface area (Å²) in [5.74, 6) is 2.75. The lowest BCUT2D eigenvalue weighted by atomic mass is 9.83. The number of allylic oxidation sites excluding steroid dienone is 6. The van der Waals surface area contributed by atoms with Crippen LogP contribution in [0.1, 0.15) is 133 Å². The molecule has 3 unspecified atom stereocenters. The van der Waals surface area contributed by atoms with Crippen LogP contribution in [0.3, 0.4) is 0 Å². The first-order chi connectivity index (χ1) is 48.1. The Bertz CT molecular complexity index is 4640. The fourth-order valence-corrected chi connectivity index (χ4v) is 16.7. The van der Waals surface area contributed by atoms with Gasteiger partial charge in [-0.05, 0) is 257 Å². The molecule has 2 fully saturated rings. The maximum absolute atomic E-state index is 11.2. The molecule has 2 saturated carbocycles. The van der Waals surface area contributed by atoms with Crippen LogP contribution < -0.4 is 29.6 Å². The van der Waals surface area contributed by atoms with Gasteiger partial charge >= 0.3 is 0 Å². The normalized spacial score (nSPS) is 16.9. The number of rotatable bonds is 22. The molecular weight excluding hydrogens is 1310 g/mol. The van der Waals surface area contributed by atoms with Gasteiger partial charge in [0.25, 0.3) is 0 Å². The molecule has 15 nitrogen and oxygen atoms in total. The topological polar surface area (TPSA) is 212 Å². The van der Waals surface area contributed by atoms with Crippen molar-refractivity contribution in [2.75, 3.05) is 85.0 Å². The van der Waals surface area contributed by atoms with Gasteiger partial charge in [-0.2, -0.15) is 0 Å². The summed E-state index contributed by atoms with van der Waals surface area (Å²) in [6, 6.07) is 57.8. The number of fused-ring (bicyclic) bond motifs is 5. The molecule has 8 aromatic carbocycles. The summed E-state index contributed by atoms with van der Waals surface area (Å²) in [5.41, 5.74) is 22.8. The Morgan fingerprint density at radius 2 is 0.770 bits per heavy atom. The molecule has 8 aromatic rings. The van der Waals surface area contributed by atoms with Crippen molar-refractivity contribution >= 4 is 97.6 Å². The van der Waals surface area contributed by atoms with Crippen molar-refractivity contribution in [2.45, 2.75) is 103 Å². The first kappa shape index (κ1) is 74.0. The zero-order chi connectivity index (χ0) is 71.5. The van der Waals surface area contributed by atoms with Crippen molar-refractivity contribution in [2.24, 2.45) is 17.8 Å². The van der Waals surface area contributed by atoms with Gasteiger partial charge in [0.1, 0.15) is 43.4 Å². The highest BCUT2D eigenvalue weighted by molar-refractivity contribution is 7.87. The molecule has 18 heteroatoms. The van der Waals surface area contributed by atoms with Gasteiger partial charge in [-0.3, -0.25) is 0 Å². The molecule has 0 heterocycles. The molecule has 524 valence electrons. The Labute approximate surface area is 593 Å². The summed E-state index contributed by atoms with van der Waals surface area (Å²) in [5, 5.41) is -0.668. The van der Waals surface area contributed by atoms with Crippen LogP contribution in [-0.4, -0.2) is 116 Å². The number of anilines is 4. The molecule has 0 amide bonds. The Balaban J connectivity index is 0.000000170. The second-order valence-electron chi connectivity index (χ2n) is 25.6. The van der Waals surface area contributed by atoms with Crippen LogP contribution in [0.15, 0.2) is 215 Å². The average molecular weight is 1400 g/mol. The number of benzene rings is 8. The number of hydrogen-bond acceptors (Lipinski definition) is 13. The second kappa shape index (κ2) is 32.7. The van der Waals surface area contributed by atoms with Gasteiger partial charge in [-0.15, -0.1) is 0 Å². The highest BCUT2D eigenvalue weighted by atomic mass is 32.2. The fraction of sp³-hybridized carbons (Fsp3) is 0.317. The van der Waals surface area contributed by atoms with E-state index in [1.165, 1.54) is 127 Å². The molecule has 2 bridgehead atoms. The molecule has 2 N–H and O–H groups in total. The molecule has 12 rings (SSSR count). The first-order valence-electron chi connectivity index (χ1n) is 35.2. The second-order valence-corrected chi connectivity index (χ2v) is 29.7. The molecule has 0 saturated heterocycles. The fourth-order valence-electron chi connectivity index (χ4n) is 14.9. The van der Waals surface area contributed by atoms with E-state index in [0.29, 0.717) is 18.2 Å². The minimum Gasteiger partial charge on any atom is -0.744 e. The molecule has 0 radical (unpaired) electrons. The van der Waals surface area contributed by atoms with Crippen molar-refractivity contribution in [1.82, 2.24) is 0 Å². The van der Waals surface area contributed by atoms with Crippen LogP contribution in [0.5, 0.6) is 0 Å². The molecule has 0 aliphatic heterocycles. The average Bonchev–Trinajstić information content (AvgIpc) is 0.910. The van der Waals surface area contributed by atoms with E-state index in [9.17, 15) is 38.9 Å². The summed E-state index contributed by atoms with van der Waals surface area (Å²) in [6.07, 6.45) is 15.0. The number of nitrogens with zero attached hydrogens (tertiary/aromatic N) is 4. The molecular formula is C82H93N6O9S3-. The predicted octanol–water partition coefficient (Wildman–Crippen LogP) is 12.6. The van der Waals surface area contributed by atoms with E-state index in [-0.39, 0.29) is 10.8 Å². The minimum atomic E-state index is -5.14. The minimum absolute atomic E-state index is 0.310. The summed E-state index contributed by atoms with van der Waals surface area (Å²) >= 11 is 0.